The van der Waals surface area contributed by atoms with Gasteiger partial charge in [0.2, 0.25) is 4.96 Å². The standard InChI is InChI=1S/C20H18BrN5O3S/c1-4-17-23-24-20-26(17)25-19(30-20)11-5-7-16(29-3)14(9-11)22-18(27)13-10-12(21)6-8-15(13)28-2/h5-10H,4H2,1-3H3,(H,22,27). The van der Waals surface area contributed by atoms with Crippen molar-refractivity contribution in [3.63, 3.8) is 0 Å². The highest BCUT2D eigenvalue weighted by atomic mass is 79.9. The summed E-state index contributed by atoms with van der Waals surface area (Å²) >= 11 is 4.82. The Morgan fingerprint density at radius 1 is 1.13 bits per heavy atom. The molecule has 0 radical (unpaired) electrons. The Kier molecular flexibility index (Phi) is 5.69. The number of hydrogen-bond acceptors (Lipinski definition) is 7. The molecule has 0 spiro atoms. The van der Waals surface area contributed by atoms with Gasteiger partial charge >= 0.3 is 0 Å². The number of carbonyl (C=O) groups excluding carboxylic acids is 1. The van der Waals surface area contributed by atoms with Crippen LogP contribution in [0.1, 0.15) is 23.1 Å². The molecule has 0 saturated carbocycles. The lowest BCUT2D eigenvalue weighted by Crippen LogP contribution is -2.14. The minimum Gasteiger partial charge on any atom is -0.496 e. The summed E-state index contributed by atoms with van der Waals surface area (Å²) in [7, 11) is 3.08. The van der Waals surface area contributed by atoms with Gasteiger partial charge in [-0.15, -0.1) is 10.2 Å². The summed E-state index contributed by atoms with van der Waals surface area (Å²) in [6, 6.07) is 10.8. The first kappa shape index (κ1) is 20.3. The van der Waals surface area contributed by atoms with Crippen molar-refractivity contribution in [1.82, 2.24) is 19.8 Å². The third kappa shape index (κ3) is 3.75. The number of methoxy groups -OCH3 is 2. The van der Waals surface area contributed by atoms with Gasteiger partial charge in [-0.1, -0.05) is 34.2 Å². The van der Waals surface area contributed by atoms with Gasteiger partial charge in [0.1, 0.15) is 16.5 Å². The Morgan fingerprint density at radius 3 is 2.63 bits per heavy atom. The summed E-state index contributed by atoms with van der Waals surface area (Å²) in [5.74, 6) is 1.51. The maximum Gasteiger partial charge on any atom is 0.259 e. The van der Waals surface area contributed by atoms with E-state index in [0.717, 1.165) is 32.2 Å². The molecular formula is C20H18BrN5O3S. The minimum absolute atomic E-state index is 0.310. The number of anilines is 1. The zero-order valence-electron chi connectivity index (χ0n) is 16.5. The normalized spacial score (nSPS) is 10.9. The molecule has 8 nitrogen and oxygen atoms in total. The smallest absolute Gasteiger partial charge is 0.259 e. The summed E-state index contributed by atoms with van der Waals surface area (Å²) in [6.45, 7) is 2.01. The van der Waals surface area contributed by atoms with E-state index in [9.17, 15) is 4.79 Å². The summed E-state index contributed by atoms with van der Waals surface area (Å²) < 4.78 is 13.3. The second-order valence-electron chi connectivity index (χ2n) is 6.29. The van der Waals surface area contributed by atoms with Crippen LogP contribution < -0.4 is 14.8 Å². The molecule has 0 saturated heterocycles. The number of ether oxygens (including phenoxy) is 2. The topological polar surface area (TPSA) is 90.6 Å². The summed E-state index contributed by atoms with van der Waals surface area (Å²) in [5.41, 5.74) is 1.78. The van der Waals surface area contributed by atoms with Gasteiger partial charge in [-0.05, 0) is 36.4 Å². The predicted octanol–water partition coefficient (Wildman–Crippen LogP) is 4.45. The molecule has 0 atom stereocenters. The van der Waals surface area contributed by atoms with Gasteiger partial charge in [-0.3, -0.25) is 4.79 Å². The molecule has 154 valence electrons. The summed E-state index contributed by atoms with van der Waals surface area (Å²) in [4.78, 5) is 13.7. The fraction of sp³-hybridized carbons (Fsp3) is 0.200. The molecule has 0 aliphatic rings. The number of carbonyl (C=O) groups is 1. The Labute approximate surface area is 185 Å². The first-order valence-electron chi connectivity index (χ1n) is 9.08. The second kappa shape index (κ2) is 8.41. The van der Waals surface area contributed by atoms with E-state index in [2.05, 4.69) is 36.5 Å². The molecule has 0 fully saturated rings. The van der Waals surface area contributed by atoms with Gasteiger partial charge in [0.25, 0.3) is 5.91 Å². The molecule has 2 aromatic heterocycles. The van der Waals surface area contributed by atoms with Crippen molar-refractivity contribution in [2.24, 2.45) is 0 Å². The molecule has 1 amide bonds. The van der Waals surface area contributed by atoms with E-state index in [1.165, 1.54) is 18.4 Å². The number of amides is 1. The quantitative estimate of drug-likeness (QED) is 0.432. The van der Waals surface area contributed by atoms with Crippen LogP contribution in [0.2, 0.25) is 0 Å². The number of benzene rings is 2. The molecule has 1 N–H and O–H groups in total. The van der Waals surface area contributed by atoms with Crippen molar-refractivity contribution in [2.45, 2.75) is 13.3 Å². The highest BCUT2D eigenvalue weighted by Gasteiger charge is 2.17. The zero-order valence-corrected chi connectivity index (χ0v) is 18.9. The lowest BCUT2D eigenvalue weighted by molar-refractivity contribution is 0.102. The number of aryl methyl sites for hydroxylation is 1. The fourth-order valence-corrected chi connectivity index (χ4v) is 4.20. The van der Waals surface area contributed by atoms with Gasteiger partial charge in [-0.25, -0.2) is 0 Å². The molecular weight excluding hydrogens is 470 g/mol. The Hall–Kier alpha value is -2.98. The van der Waals surface area contributed by atoms with Crippen LogP contribution in [0, 0.1) is 0 Å². The van der Waals surface area contributed by atoms with E-state index >= 15 is 0 Å². The van der Waals surface area contributed by atoms with Gasteiger partial charge in [0, 0.05) is 16.5 Å². The molecule has 0 bridgehead atoms. The Balaban J connectivity index is 1.70. The number of fused-ring (bicyclic) bond motifs is 1. The second-order valence-corrected chi connectivity index (χ2v) is 8.16. The van der Waals surface area contributed by atoms with E-state index in [-0.39, 0.29) is 5.91 Å². The number of rotatable bonds is 6. The van der Waals surface area contributed by atoms with E-state index in [1.807, 2.05) is 25.1 Å². The SMILES string of the molecule is CCc1nnc2sc(-c3ccc(OC)c(NC(=O)c4cc(Br)ccc4OC)c3)nn12. The highest BCUT2D eigenvalue weighted by molar-refractivity contribution is 9.10. The number of nitrogens with zero attached hydrogens (tertiary/aromatic N) is 4. The Morgan fingerprint density at radius 2 is 1.90 bits per heavy atom. The average Bonchev–Trinajstić information content (AvgIpc) is 3.34. The molecule has 0 unspecified atom stereocenters. The fourth-order valence-electron chi connectivity index (χ4n) is 2.98. The van der Waals surface area contributed by atoms with Crippen LogP contribution in [0.25, 0.3) is 15.5 Å². The third-order valence-electron chi connectivity index (χ3n) is 4.47. The number of hydrogen-bond donors (Lipinski definition) is 1. The van der Waals surface area contributed by atoms with Crippen LogP contribution in [-0.2, 0) is 6.42 Å². The van der Waals surface area contributed by atoms with E-state index in [4.69, 9.17) is 9.47 Å². The van der Waals surface area contributed by atoms with E-state index in [0.29, 0.717) is 22.7 Å². The molecule has 0 aliphatic heterocycles. The minimum atomic E-state index is -0.310. The summed E-state index contributed by atoms with van der Waals surface area (Å²) in [6.07, 6.45) is 0.739. The lowest BCUT2D eigenvalue weighted by Gasteiger charge is -2.13. The van der Waals surface area contributed by atoms with Crippen LogP contribution in [0.4, 0.5) is 5.69 Å². The van der Waals surface area contributed by atoms with Gasteiger partial charge in [0.15, 0.2) is 5.82 Å². The highest BCUT2D eigenvalue weighted by Crippen LogP contribution is 2.34. The predicted molar refractivity (Wildman–Crippen MR) is 119 cm³/mol. The zero-order chi connectivity index (χ0) is 21.3. The Bertz CT molecular complexity index is 1240. The largest absolute Gasteiger partial charge is 0.496 e. The molecule has 30 heavy (non-hydrogen) atoms. The maximum absolute atomic E-state index is 12.9. The number of nitrogens with one attached hydrogen (secondary N) is 1. The molecule has 0 aliphatic carbocycles. The van der Waals surface area contributed by atoms with Crippen molar-refractivity contribution in [3.8, 4) is 22.1 Å². The summed E-state index contributed by atoms with van der Waals surface area (Å²) in [5, 5.41) is 16.6. The average molecular weight is 488 g/mol. The monoisotopic (exact) mass is 487 g/mol. The van der Waals surface area contributed by atoms with Crippen molar-refractivity contribution in [3.05, 3.63) is 52.3 Å². The number of halogens is 1. The molecule has 4 aromatic rings. The first-order chi connectivity index (χ1) is 14.5. The first-order valence-corrected chi connectivity index (χ1v) is 10.7. The van der Waals surface area contributed by atoms with Crippen LogP contribution in [-0.4, -0.2) is 39.9 Å². The molecule has 2 aromatic carbocycles. The van der Waals surface area contributed by atoms with Gasteiger partial charge < -0.3 is 14.8 Å². The van der Waals surface area contributed by atoms with Gasteiger partial charge in [0.05, 0.1) is 25.5 Å². The van der Waals surface area contributed by atoms with Crippen molar-refractivity contribution >= 4 is 43.8 Å². The van der Waals surface area contributed by atoms with Crippen molar-refractivity contribution in [2.75, 3.05) is 19.5 Å². The molecule has 2 heterocycles. The lowest BCUT2D eigenvalue weighted by atomic mass is 10.1. The maximum atomic E-state index is 12.9. The van der Waals surface area contributed by atoms with Crippen molar-refractivity contribution in [1.29, 1.82) is 0 Å². The number of aromatic nitrogens is 4. The molecule has 10 heteroatoms. The van der Waals surface area contributed by atoms with Crippen LogP contribution in [0.5, 0.6) is 11.5 Å². The van der Waals surface area contributed by atoms with Crippen LogP contribution in [0.3, 0.4) is 0 Å². The van der Waals surface area contributed by atoms with E-state index in [1.54, 1.807) is 29.8 Å². The van der Waals surface area contributed by atoms with E-state index < -0.39 is 0 Å². The third-order valence-corrected chi connectivity index (χ3v) is 5.91. The van der Waals surface area contributed by atoms with Crippen LogP contribution in [0.15, 0.2) is 40.9 Å². The molecule has 4 rings (SSSR count). The van der Waals surface area contributed by atoms with Gasteiger partial charge in [-0.2, -0.15) is 9.61 Å². The van der Waals surface area contributed by atoms with Crippen LogP contribution >= 0.6 is 27.3 Å². The van der Waals surface area contributed by atoms with Crippen molar-refractivity contribution < 1.29 is 14.3 Å².